The summed E-state index contributed by atoms with van der Waals surface area (Å²) in [4.78, 5) is 22.8. The van der Waals surface area contributed by atoms with Gasteiger partial charge in [-0.1, -0.05) is 0 Å². The average molecular weight is 250 g/mol. The summed E-state index contributed by atoms with van der Waals surface area (Å²) in [5.41, 5.74) is 0.635. The van der Waals surface area contributed by atoms with E-state index in [1.807, 2.05) is 19.3 Å². The maximum Gasteiger partial charge on any atom is 0.306 e. The highest BCUT2D eigenvalue weighted by molar-refractivity contribution is 5.92. The lowest BCUT2D eigenvalue weighted by molar-refractivity contribution is -0.142. The van der Waals surface area contributed by atoms with Crippen molar-refractivity contribution in [1.29, 1.82) is 0 Å². The third kappa shape index (κ3) is 2.72. The molecule has 0 unspecified atom stereocenters. The number of aromatic nitrogens is 1. The zero-order chi connectivity index (χ0) is 13.1. The molecule has 0 saturated heterocycles. The van der Waals surface area contributed by atoms with Crippen LogP contribution in [0, 0.1) is 5.92 Å². The van der Waals surface area contributed by atoms with Gasteiger partial charge in [0.2, 0.25) is 0 Å². The van der Waals surface area contributed by atoms with Crippen molar-refractivity contribution in [1.82, 2.24) is 9.88 Å². The quantitative estimate of drug-likeness (QED) is 0.851. The first-order chi connectivity index (χ1) is 8.58. The number of hydrogen-bond acceptors (Lipinski definition) is 2. The number of carbonyl (C=O) groups excluding carboxylic acids is 1. The summed E-state index contributed by atoms with van der Waals surface area (Å²) in [7, 11) is 1.83. The first-order valence-electron chi connectivity index (χ1n) is 6.23. The van der Waals surface area contributed by atoms with Crippen LogP contribution in [0.3, 0.4) is 0 Å². The molecule has 1 saturated carbocycles. The summed E-state index contributed by atoms with van der Waals surface area (Å²) < 4.78 is 1.78. The van der Waals surface area contributed by atoms with E-state index in [-0.39, 0.29) is 17.9 Å². The second-order valence-electron chi connectivity index (χ2n) is 4.86. The molecular weight excluding hydrogens is 232 g/mol. The number of aliphatic carboxylic acids is 1. The van der Waals surface area contributed by atoms with Crippen LogP contribution >= 0.6 is 0 Å². The van der Waals surface area contributed by atoms with Crippen LogP contribution in [0.15, 0.2) is 18.3 Å². The van der Waals surface area contributed by atoms with Crippen molar-refractivity contribution in [2.75, 3.05) is 0 Å². The fourth-order valence-electron chi connectivity index (χ4n) is 2.44. The number of carbonyl (C=O) groups is 2. The Morgan fingerprint density at radius 3 is 2.50 bits per heavy atom. The molecule has 1 amide bonds. The first kappa shape index (κ1) is 12.7. The molecule has 1 aromatic heterocycles. The fraction of sp³-hybridized carbons (Fsp3) is 0.538. The minimum absolute atomic E-state index is 0.0822. The van der Waals surface area contributed by atoms with Crippen LogP contribution in [0.2, 0.25) is 0 Å². The molecule has 2 rings (SSSR count). The van der Waals surface area contributed by atoms with Crippen molar-refractivity contribution in [3.63, 3.8) is 0 Å². The lowest BCUT2D eigenvalue weighted by Gasteiger charge is -2.26. The van der Waals surface area contributed by atoms with Crippen molar-refractivity contribution in [3.8, 4) is 0 Å². The lowest BCUT2D eigenvalue weighted by Crippen LogP contribution is -2.39. The van der Waals surface area contributed by atoms with Crippen LogP contribution in [0.4, 0.5) is 0 Å². The first-order valence-corrected chi connectivity index (χ1v) is 6.23. The van der Waals surface area contributed by atoms with Gasteiger partial charge < -0.3 is 15.0 Å². The summed E-state index contributed by atoms with van der Waals surface area (Å²) in [6.45, 7) is 0. The Labute approximate surface area is 106 Å². The van der Waals surface area contributed by atoms with Gasteiger partial charge in [-0.15, -0.1) is 0 Å². The molecule has 1 aromatic rings. The van der Waals surface area contributed by atoms with E-state index in [9.17, 15) is 9.59 Å². The standard InChI is InChI=1S/C13H18N2O3/c1-15-8-2-3-11(15)12(16)14-10-6-4-9(5-7-10)13(17)18/h2-3,8-10H,4-7H2,1H3,(H,14,16)(H,17,18). The van der Waals surface area contributed by atoms with E-state index in [4.69, 9.17) is 5.11 Å². The maximum atomic E-state index is 12.0. The van der Waals surface area contributed by atoms with Crippen LogP contribution in [-0.4, -0.2) is 27.6 Å². The van der Waals surface area contributed by atoms with Gasteiger partial charge in [0.05, 0.1) is 5.92 Å². The highest BCUT2D eigenvalue weighted by Crippen LogP contribution is 2.24. The number of rotatable bonds is 3. The molecule has 5 nitrogen and oxygen atoms in total. The van der Waals surface area contributed by atoms with Crippen molar-refractivity contribution in [3.05, 3.63) is 24.0 Å². The van der Waals surface area contributed by atoms with E-state index in [1.54, 1.807) is 10.6 Å². The van der Waals surface area contributed by atoms with Crippen LogP contribution < -0.4 is 5.32 Å². The van der Waals surface area contributed by atoms with E-state index in [2.05, 4.69) is 5.32 Å². The summed E-state index contributed by atoms with van der Waals surface area (Å²) >= 11 is 0. The minimum atomic E-state index is -0.720. The molecule has 1 fully saturated rings. The zero-order valence-electron chi connectivity index (χ0n) is 10.4. The Morgan fingerprint density at radius 2 is 2.00 bits per heavy atom. The Balaban J connectivity index is 1.87. The summed E-state index contributed by atoms with van der Waals surface area (Å²) in [5, 5.41) is 11.9. The predicted octanol–water partition coefficient (Wildman–Crippen LogP) is 1.40. The smallest absolute Gasteiger partial charge is 0.306 e. The molecule has 1 heterocycles. The van der Waals surface area contributed by atoms with Gasteiger partial charge in [-0.2, -0.15) is 0 Å². The Kier molecular flexibility index (Phi) is 3.69. The largest absolute Gasteiger partial charge is 0.481 e. The molecule has 0 radical (unpaired) electrons. The van der Waals surface area contributed by atoms with Gasteiger partial charge in [-0.25, -0.2) is 0 Å². The molecule has 0 bridgehead atoms. The topological polar surface area (TPSA) is 71.3 Å². The molecule has 2 N–H and O–H groups in total. The second kappa shape index (κ2) is 5.25. The Morgan fingerprint density at radius 1 is 1.33 bits per heavy atom. The lowest BCUT2D eigenvalue weighted by atomic mass is 9.86. The average Bonchev–Trinajstić information content (AvgIpc) is 2.76. The van der Waals surface area contributed by atoms with Gasteiger partial charge in [-0.3, -0.25) is 9.59 Å². The van der Waals surface area contributed by atoms with E-state index in [0.717, 1.165) is 12.8 Å². The van der Waals surface area contributed by atoms with E-state index < -0.39 is 5.97 Å². The third-order valence-electron chi connectivity index (χ3n) is 3.59. The van der Waals surface area contributed by atoms with Crippen molar-refractivity contribution in [2.24, 2.45) is 13.0 Å². The number of carboxylic acids is 1. The van der Waals surface area contributed by atoms with Crippen molar-refractivity contribution < 1.29 is 14.7 Å². The summed E-state index contributed by atoms with van der Waals surface area (Å²) in [6.07, 6.45) is 4.61. The molecule has 0 aliphatic heterocycles. The van der Waals surface area contributed by atoms with Gasteiger partial charge in [0.1, 0.15) is 5.69 Å². The molecular formula is C13H18N2O3. The fourth-order valence-corrected chi connectivity index (χ4v) is 2.44. The van der Waals surface area contributed by atoms with Gasteiger partial charge in [0, 0.05) is 19.3 Å². The number of carboxylic acid groups (broad SMARTS) is 1. The van der Waals surface area contributed by atoms with Crippen LogP contribution in [0.5, 0.6) is 0 Å². The van der Waals surface area contributed by atoms with Gasteiger partial charge >= 0.3 is 5.97 Å². The highest BCUT2D eigenvalue weighted by atomic mass is 16.4. The Bertz CT molecular complexity index is 445. The molecule has 0 atom stereocenters. The van der Waals surface area contributed by atoms with Crippen molar-refractivity contribution in [2.45, 2.75) is 31.7 Å². The second-order valence-corrected chi connectivity index (χ2v) is 4.86. The molecule has 0 aromatic carbocycles. The van der Waals surface area contributed by atoms with E-state index >= 15 is 0 Å². The molecule has 1 aliphatic rings. The molecule has 98 valence electrons. The van der Waals surface area contributed by atoms with E-state index in [0.29, 0.717) is 18.5 Å². The molecule has 18 heavy (non-hydrogen) atoms. The zero-order valence-corrected chi connectivity index (χ0v) is 10.4. The Hall–Kier alpha value is -1.78. The number of nitrogens with one attached hydrogen (secondary N) is 1. The maximum absolute atomic E-state index is 12.0. The summed E-state index contributed by atoms with van der Waals surface area (Å²) in [5.74, 6) is -1.04. The van der Waals surface area contributed by atoms with Crippen LogP contribution in [0.25, 0.3) is 0 Å². The normalized spacial score (nSPS) is 23.6. The molecule has 1 aliphatic carbocycles. The molecule has 5 heteroatoms. The van der Waals surface area contributed by atoms with E-state index in [1.165, 1.54) is 0 Å². The van der Waals surface area contributed by atoms with Gasteiger partial charge in [0.25, 0.3) is 5.91 Å². The van der Waals surface area contributed by atoms with Crippen molar-refractivity contribution >= 4 is 11.9 Å². The van der Waals surface area contributed by atoms with Crippen LogP contribution in [-0.2, 0) is 11.8 Å². The van der Waals surface area contributed by atoms with Crippen LogP contribution in [0.1, 0.15) is 36.2 Å². The number of amides is 1. The number of nitrogens with zero attached hydrogens (tertiary/aromatic N) is 1. The van der Waals surface area contributed by atoms with Gasteiger partial charge in [0.15, 0.2) is 0 Å². The van der Waals surface area contributed by atoms with Gasteiger partial charge in [-0.05, 0) is 37.8 Å². The number of aryl methyl sites for hydroxylation is 1. The SMILES string of the molecule is Cn1cccc1C(=O)NC1CCC(C(=O)O)CC1. The monoisotopic (exact) mass is 250 g/mol. The highest BCUT2D eigenvalue weighted by Gasteiger charge is 2.27. The predicted molar refractivity (Wildman–Crippen MR) is 66.3 cm³/mol. The summed E-state index contributed by atoms with van der Waals surface area (Å²) in [6, 6.07) is 3.71. The minimum Gasteiger partial charge on any atom is -0.481 e. The molecule has 0 spiro atoms. The third-order valence-corrected chi connectivity index (χ3v) is 3.59. The number of hydrogen-bond donors (Lipinski definition) is 2.